The molecule has 0 amide bonds. The fraction of sp³-hybridized carbons (Fsp3) is 0.348. The lowest BCUT2D eigenvalue weighted by atomic mass is 9.73. The summed E-state index contributed by atoms with van der Waals surface area (Å²) in [5, 5.41) is 6.75. The minimum atomic E-state index is -0.745. The molecule has 0 unspecified atom stereocenters. The third-order valence-electron chi connectivity index (χ3n) is 5.70. The number of carbonyl (C=O) groups excluding carboxylic acids is 1. The summed E-state index contributed by atoms with van der Waals surface area (Å²) in [5.41, 5.74) is 5.05. The number of anilines is 2. The minimum Gasteiger partial charge on any atom is -0.372 e. The lowest BCUT2D eigenvalue weighted by molar-refractivity contribution is -0.118. The summed E-state index contributed by atoms with van der Waals surface area (Å²) in [6.45, 7) is 8.13. The van der Waals surface area contributed by atoms with Gasteiger partial charge in [0.1, 0.15) is 11.6 Å². The van der Waals surface area contributed by atoms with Crippen molar-refractivity contribution in [2.45, 2.75) is 46.6 Å². The van der Waals surface area contributed by atoms with E-state index in [0.29, 0.717) is 18.4 Å². The summed E-state index contributed by atoms with van der Waals surface area (Å²) in [4.78, 5) is 13.1. The first-order chi connectivity index (χ1) is 13.1. The maximum Gasteiger partial charge on any atom is 0.163 e. The van der Waals surface area contributed by atoms with Crippen molar-refractivity contribution >= 4 is 17.2 Å². The highest BCUT2D eigenvalue weighted by Gasteiger charge is 2.39. The van der Waals surface area contributed by atoms with Gasteiger partial charge in [0.2, 0.25) is 0 Å². The molecule has 1 aliphatic carbocycles. The largest absolute Gasteiger partial charge is 0.372 e. The van der Waals surface area contributed by atoms with Crippen LogP contribution in [0.1, 0.15) is 49.4 Å². The van der Waals surface area contributed by atoms with E-state index >= 15 is 0 Å². The first-order valence-corrected chi connectivity index (χ1v) is 9.51. The van der Waals surface area contributed by atoms with Gasteiger partial charge in [-0.15, -0.1) is 0 Å². The van der Waals surface area contributed by atoms with E-state index in [9.17, 15) is 13.6 Å². The summed E-state index contributed by atoms with van der Waals surface area (Å²) in [6.07, 6.45) is 1.03. The molecule has 0 spiro atoms. The zero-order chi connectivity index (χ0) is 20.2. The molecule has 0 radical (unpaired) electrons. The Hall–Kier alpha value is -2.69. The van der Waals surface area contributed by atoms with Gasteiger partial charge in [-0.25, -0.2) is 8.78 Å². The quantitative estimate of drug-likeness (QED) is 0.655. The van der Waals surface area contributed by atoms with Crippen LogP contribution in [0.4, 0.5) is 20.2 Å². The molecule has 2 aromatic carbocycles. The number of aryl methyl sites for hydroxylation is 2. The fourth-order valence-electron chi connectivity index (χ4n) is 4.18. The molecule has 1 atom stereocenters. The summed E-state index contributed by atoms with van der Waals surface area (Å²) in [5.74, 6) is -1.10. The van der Waals surface area contributed by atoms with E-state index in [1.54, 1.807) is 0 Å². The van der Waals surface area contributed by atoms with Gasteiger partial charge < -0.3 is 10.6 Å². The average Bonchev–Trinajstić information content (AvgIpc) is 2.73. The molecule has 146 valence electrons. The number of benzene rings is 2. The number of rotatable bonds is 1. The highest BCUT2D eigenvalue weighted by Crippen LogP contribution is 2.46. The van der Waals surface area contributed by atoms with E-state index in [2.05, 4.69) is 10.6 Å². The lowest BCUT2D eigenvalue weighted by Crippen LogP contribution is -2.31. The molecule has 2 N–H and O–H groups in total. The molecule has 5 heteroatoms. The molecular weight excluding hydrogens is 358 g/mol. The summed E-state index contributed by atoms with van der Waals surface area (Å²) in [7, 11) is 0. The van der Waals surface area contributed by atoms with E-state index in [1.807, 2.05) is 39.8 Å². The van der Waals surface area contributed by atoms with Crippen molar-refractivity contribution in [3.05, 3.63) is 69.9 Å². The third-order valence-corrected chi connectivity index (χ3v) is 5.70. The Bertz CT molecular complexity index is 1020. The van der Waals surface area contributed by atoms with Crippen LogP contribution in [0, 0.1) is 30.9 Å². The average molecular weight is 382 g/mol. The Morgan fingerprint density at radius 2 is 1.68 bits per heavy atom. The molecule has 0 saturated heterocycles. The molecule has 0 bridgehead atoms. The fourth-order valence-corrected chi connectivity index (χ4v) is 4.18. The van der Waals surface area contributed by atoms with Crippen LogP contribution >= 0.6 is 0 Å². The van der Waals surface area contributed by atoms with Crippen molar-refractivity contribution in [3.63, 3.8) is 0 Å². The summed E-state index contributed by atoms with van der Waals surface area (Å²) >= 11 is 0. The standard InChI is InChI=1S/C23H24F2N2O/c1-12-7-17-18(8-13(12)2)27-22(15-9-14(24)5-6-16(15)25)21-19(26-17)10-23(3,4)11-20(21)28/h5-9,22,26-27H,10-11H2,1-4H3/t22-/m1/s1. The van der Waals surface area contributed by atoms with Gasteiger partial charge in [-0.05, 0) is 67.1 Å². The SMILES string of the molecule is Cc1cc2c(cc1C)N[C@H](c1cc(F)ccc1F)C1=C(CC(C)(C)CC1=O)N2. The zero-order valence-electron chi connectivity index (χ0n) is 16.5. The molecule has 2 aliphatic rings. The van der Waals surface area contributed by atoms with E-state index in [0.717, 1.165) is 40.3 Å². The van der Waals surface area contributed by atoms with Gasteiger partial charge in [-0.3, -0.25) is 4.79 Å². The van der Waals surface area contributed by atoms with Crippen LogP contribution in [-0.2, 0) is 4.79 Å². The first kappa shape index (κ1) is 18.7. The highest BCUT2D eigenvalue weighted by atomic mass is 19.1. The predicted octanol–water partition coefficient (Wildman–Crippen LogP) is 5.80. The van der Waals surface area contributed by atoms with Crippen LogP contribution in [0.3, 0.4) is 0 Å². The van der Waals surface area contributed by atoms with Crippen LogP contribution in [0.15, 0.2) is 41.6 Å². The molecule has 1 aliphatic heterocycles. The number of hydrogen-bond acceptors (Lipinski definition) is 3. The van der Waals surface area contributed by atoms with Crippen molar-refractivity contribution in [1.29, 1.82) is 0 Å². The van der Waals surface area contributed by atoms with Crippen LogP contribution in [-0.4, -0.2) is 5.78 Å². The van der Waals surface area contributed by atoms with Crippen molar-refractivity contribution in [2.75, 3.05) is 10.6 Å². The number of fused-ring (bicyclic) bond motifs is 1. The number of nitrogens with one attached hydrogen (secondary N) is 2. The molecule has 28 heavy (non-hydrogen) atoms. The highest BCUT2D eigenvalue weighted by molar-refractivity contribution is 6.01. The van der Waals surface area contributed by atoms with E-state index < -0.39 is 17.7 Å². The second kappa shape index (κ2) is 6.43. The number of Topliss-reactive ketones (excluding diaryl/α,β-unsaturated/α-hetero) is 1. The van der Waals surface area contributed by atoms with Gasteiger partial charge in [-0.2, -0.15) is 0 Å². The van der Waals surface area contributed by atoms with Gasteiger partial charge >= 0.3 is 0 Å². The number of allylic oxidation sites excluding steroid dienone is 1. The number of halogens is 2. The summed E-state index contributed by atoms with van der Waals surface area (Å²) < 4.78 is 28.6. The second-order valence-electron chi connectivity index (χ2n) is 8.68. The van der Waals surface area contributed by atoms with Gasteiger partial charge in [0.05, 0.1) is 17.4 Å². The van der Waals surface area contributed by atoms with E-state index in [-0.39, 0.29) is 16.8 Å². The second-order valence-corrected chi connectivity index (χ2v) is 8.68. The smallest absolute Gasteiger partial charge is 0.163 e. The van der Waals surface area contributed by atoms with Crippen LogP contribution in [0.2, 0.25) is 0 Å². The number of carbonyl (C=O) groups is 1. The van der Waals surface area contributed by atoms with Crippen LogP contribution in [0.25, 0.3) is 0 Å². The first-order valence-electron chi connectivity index (χ1n) is 9.51. The molecule has 2 aromatic rings. The Morgan fingerprint density at radius 1 is 1.00 bits per heavy atom. The molecule has 0 aromatic heterocycles. The Labute approximate surface area is 163 Å². The molecule has 1 heterocycles. The van der Waals surface area contributed by atoms with Gasteiger partial charge in [0.25, 0.3) is 0 Å². The predicted molar refractivity (Wildman–Crippen MR) is 107 cm³/mol. The van der Waals surface area contributed by atoms with E-state index in [1.165, 1.54) is 6.07 Å². The minimum absolute atomic E-state index is 0.0406. The Balaban J connectivity index is 1.95. The van der Waals surface area contributed by atoms with E-state index in [4.69, 9.17) is 0 Å². The van der Waals surface area contributed by atoms with Crippen molar-refractivity contribution < 1.29 is 13.6 Å². The molecule has 0 saturated carbocycles. The Kier molecular flexibility index (Phi) is 4.29. The zero-order valence-corrected chi connectivity index (χ0v) is 16.5. The Morgan fingerprint density at radius 3 is 2.39 bits per heavy atom. The number of ketones is 1. The normalized spacial score (nSPS) is 20.6. The van der Waals surface area contributed by atoms with Crippen molar-refractivity contribution in [3.8, 4) is 0 Å². The maximum absolute atomic E-state index is 14.7. The number of hydrogen-bond donors (Lipinski definition) is 2. The van der Waals surface area contributed by atoms with Crippen molar-refractivity contribution in [1.82, 2.24) is 0 Å². The van der Waals surface area contributed by atoms with Crippen molar-refractivity contribution in [2.24, 2.45) is 5.41 Å². The van der Waals surface area contributed by atoms with Crippen LogP contribution < -0.4 is 10.6 Å². The molecule has 4 rings (SSSR count). The lowest BCUT2D eigenvalue weighted by Gasteiger charge is -2.34. The van der Waals surface area contributed by atoms with Gasteiger partial charge in [0, 0.05) is 23.3 Å². The monoisotopic (exact) mass is 382 g/mol. The topological polar surface area (TPSA) is 41.1 Å². The third kappa shape index (κ3) is 3.19. The molecule has 0 fully saturated rings. The molecular formula is C23H24F2N2O. The maximum atomic E-state index is 14.7. The summed E-state index contributed by atoms with van der Waals surface area (Å²) in [6, 6.07) is 6.65. The van der Waals surface area contributed by atoms with Crippen LogP contribution in [0.5, 0.6) is 0 Å². The van der Waals surface area contributed by atoms with Gasteiger partial charge in [0.15, 0.2) is 5.78 Å². The molecule has 3 nitrogen and oxygen atoms in total. The van der Waals surface area contributed by atoms with Gasteiger partial charge in [-0.1, -0.05) is 13.8 Å².